The van der Waals surface area contributed by atoms with Crippen LogP contribution in [0.4, 0.5) is 5.69 Å². The molecule has 0 heterocycles. The lowest BCUT2D eigenvalue weighted by atomic mass is 10.1. The van der Waals surface area contributed by atoms with Crippen LogP contribution < -0.4 is 10.1 Å². The highest BCUT2D eigenvalue weighted by Gasteiger charge is 2.20. The maximum absolute atomic E-state index is 12.7. The molecule has 5 nitrogen and oxygen atoms in total. The van der Waals surface area contributed by atoms with E-state index < -0.39 is 12.1 Å². The van der Waals surface area contributed by atoms with Crippen molar-refractivity contribution in [3.63, 3.8) is 0 Å². The second-order valence-corrected chi connectivity index (χ2v) is 6.84. The number of ether oxygens (including phenoxy) is 2. The van der Waals surface area contributed by atoms with Crippen molar-refractivity contribution in [3.05, 3.63) is 71.2 Å². The van der Waals surface area contributed by atoms with Crippen LogP contribution in [0.3, 0.4) is 0 Å². The Bertz CT molecular complexity index is 1030. The standard InChI is InChI=1S/C23H22ClNO4/c1-3-21(29-18-11-9-15-7-5-6-8-16(15)13-18)22(26)25-17-10-12-19(20(24)14-17)23(27)28-4-2/h5-14,21H,3-4H2,1-2H3,(H,25,26). The van der Waals surface area contributed by atoms with Gasteiger partial charge in [-0.05, 0) is 54.4 Å². The van der Waals surface area contributed by atoms with Crippen LogP contribution in [-0.2, 0) is 9.53 Å². The number of carbonyl (C=O) groups excluding carboxylic acids is 2. The molecule has 1 atom stereocenters. The average Bonchev–Trinajstić information content (AvgIpc) is 2.72. The molecule has 0 radical (unpaired) electrons. The van der Waals surface area contributed by atoms with Crippen molar-refractivity contribution in [1.29, 1.82) is 0 Å². The van der Waals surface area contributed by atoms with Crippen molar-refractivity contribution >= 4 is 39.9 Å². The van der Waals surface area contributed by atoms with Gasteiger partial charge in [-0.1, -0.05) is 48.9 Å². The van der Waals surface area contributed by atoms with Gasteiger partial charge in [-0.25, -0.2) is 4.79 Å². The first-order valence-corrected chi connectivity index (χ1v) is 9.82. The van der Waals surface area contributed by atoms with Crippen molar-refractivity contribution in [2.75, 3.05) is 11.9 Å². The Morgan fingerprint density at radius 3 is 2.45 bits per heavy atom. The van der Waals surface area contributed by atoms with E-state index in [-0.39, 0.29) is 23.1 Å². The van der Waals surface area contributed by atoms with Crippen LogP contribution in [0.1, 0.15) is 30.6 Å². The van der Waals surface area contributed by atoms with Crippen LogP contribution in [-0.4, -0.2) is 24.6 Å². The SMILES string of the molecule is CCOC(=O)c1ccc(NC(=O)C(CC)Oc2ccc3ccccc3c2)cc1Cl. The van der Waals surface area contributed by atoms with E-state index in [1.165, 1.54) is 12.1 Å². The summed E-state index contributed by atoms with van der Waals surface area (Å²) in [5.41, 5.74) is 0.736. The van der Waals surface area contributed by atoms with Gasteiger partial charge in [-0.2, -0.15) is 0 Å². The number of fused-ring (bicyclic) bond motifs is 1. The zero-order valence-corrected chi connectivity index (χ0v) is 17.0. The summed E-state index contributed by atoms with van der Waals surface area (Å²) < 4.78 is 10.9. The molecular weight excluding hydrogens is 390 g/mol. The lowest BCUT2D eigenvalue weighted by Gasteiger charge is -2.18. The Morgan fingerprint density at radius 2 is 1.76 bits per heavy atom. The molecule has 6 heteroatoms. The zero-order chi connectivity index (χ0) is 20.8. The molecule has 0 bridgehead atoms. The van der Waals surface area contributed by atoms with Crippen LogP contribution in [0.15, 0.2) is 60.7 Å². The number of rotatable bonds is 7. The second kappa shape index (κ2) is 9.43. The van der Waals surface area contributed by atoms with E-state index >= 15 is 0 Å². The Labute approximate surface area is 174 Å². The van der Waals surface area contributed by atoms with Crippen LogP contribution in [0.2, 0.25) is 5.02 Å². The first-order chi connectivity index (χ1) is 14.0. The van der Waals surface area contributed by atoms with Crippen LogP contribution >= 0.6 is 11.6 Å². The fraction of sp³-hybridized carbons (Fsp3) is 0.217. The predicted octanol–water partition coefficient (Wildman–Crippen LogP) is 5.47. The number of hydrogen-bond donors (Lipinski definition) is 1. The third-order valence-corrected chi connectivity index (χ3v) is 4.71. The third-order valence-electron chi connectivity index (χ3n) is 4.39. The lowest BCUT2D eigenvalue weighted by molar-refractivity contribution is -0.122. The van der Waals surface area contributed by atoms with Gasteiger partial charge < -0.3 is 14.8 Å². The molecule has 3 rings (SSSR count). The lowest BCUT2D eigenvalue weighted by Crippen LogP contribution is -2.32. The maximum atomic E-state index is 12.7. The summed E-state index contributed by atoms with van der Waals surface area (Å²) in [5.74, 6) is -0.163. The summed E-state index contributed by atoms with van der Waals surface area (Å²) >= 11 is 6.16. The van der Waals surface area contributed by atoms with Gasteiger partial charge in [0.1, 0.15) is 5.75 Å². The Kier molecular flexibility index (Phi) is 6.73. The summed E-state index contributed by atoms with van der Waals surface area (Å²) in [6, 6.07) is 18.3. The summed E-state index contributed by atoms with van der Waals surface area (Å²) in [5, 5.41) is 5.15. The number of benzene rings is 3. The Morgan fingerprint density at radius 1 is 1.00 bits per heavy atom. The van der Waals surface area contributed by atoms with E-state index in [4.69, 9.17) is 21.1 Å². The second-order valence-electron chi connectivity index (χ2n) is 6.43. The van der Waals surface area contributed by atoms with Crippen LogP contribution in [0.25, 0.3) is 10.8 Å². The van der Waals surface area contributed by atoms with Gasteiger partial charge in [-0.3, -0.25) is 4.79 Å². The van der Waals surface area contributed by atoms with E-state index in [0.717, 1.165) is 10.8 Å². The summed E-state index contributed by atoms with van der Waals surface area (Å²) in [4.78, 5) is 24.5. The van der Waals surface area contributed by atoms with E-state index in [1.54, 1.807) is 13.0 Å². The van der Waals surface area contributed by atoms with Gasteiger partial charge in [0.15, 0.2) is 6.10 Å². The van der Waals surface area contributed by atoms with Gasteiger partial charge >= 0.3 is 5.97 Å². The van der Waals surface area contributed by atoms with Gasteiger partial charge in [0.25, 0.3) is 5.91 Å². The molecule has 1 amide bonds. The molecule has 0 aliphatic carbocycles. The molecule has 0 saturated heterocycles. The molecule has 0 aromatic heterocycles. The summed E-state index contributed by atoms with van der Waals surface area (Å²) in [6.45, 7) is 3.86. The minimum Gasteiger partial charge on any atom is -0.481 e. The van der Waals surface area contributed by atoms with Crippen LogP contribution in [0.5, 0.6) is 5.75 Å². The number of halogens is 1. The molecule has 150 valence electrons. The number of esters is 1. The molecule has 1 unspecified atom stereocenters. The van der Waals surface area contributed by atoms with Gasteiger partial charge in [-0.15, -0.1) is 0 Å². The molecule has 0 aliphatic rings. The van der Waals surface area contributed by atoms with Gasteiger partial charge in [0, 0.05) is 5.69 Å². The number of carbonyl (C=O) groups is 2. The van der Waals surface area contributed by atoms with E-state index in [9.17, 15) is 9.59 Å². The van der Waals surface area contributed by atoms with E-state index in [2.05, 4.69) is 5.32 Å². The molecule has 0 saturated carbocycles. The van der Waals surface area contributed by atoms with Crippen molar-refractivity contribution in [2.24, 2.45) is 0 Å². The quantitative estimate of drug-likeness (QED) is 0.524. The number of amides is 1. The zero-order valence-electron chi connectivity index (χ0n) is 16.3. The normalized spacial score (nSPS) is 11.7. The van der Waals surface area contributed by atoms with Crippen molar-refractivity contribution in [2.45, 2.75) is 26.4 Å². The first kappa shape index (κ1) is 20.7. The monoisotopic (exact) mass is 411 g/mol. The fourth-order valence-electron chi connectivity index (χ4n) is 2.92. The Hall–Kier alpha value is -3.05. The van der Waals surface area contributed by atoms with Crippen molar-refractivity contribution < 1.29 is 19.1 Å². The van der Waals surface area contributed by atoms with Gasteiger partial charge in [0.05, 0.1) is 17.2 Å². The summed E-state index contributed by atoms with van der Waals surface area (Å²) in [6.07, 6.45) is -0.174. The van der Waals surface area contributed by atoms with Crippen molar-refractivity contribution in [1.82, 2.24) is 0 Å². The molecule has 0 spiro atoms. The predicted molar refractivity (Wildman–Crippen MR) is 115 cm³/mol. The van der Waals surface area contributed by atoms with E-state index in [1.807, 2.05) is 49.4 Å². The topological polar surface area (TPSA) is 64.6 Å². The highest BCUT2D eigenvalue weighted by molar-refractivity contribution is 6.34. The molecule has 1 N–H and O–H groups in total. The molecule has 0 aliphatic heterocycles. The number of anilines is 1. The minimum absolute atomic E-state index is 0.213. The van der Waals surface area contributed by atoms with E-state index in [0.29, 0.717) is 17.9 Å². The summed E-state index contributed by atoms with van der Waals surface area (Å²) in [7, 11) is 0. The highest BCUT2D eigenvalue weighted by Crippen LogP contribution is 2.24. The molecular formula is C23H22ClNO4. The van der Waals surface area contributed by atoms with Crippen molar-refractivity contribution in [3.8, 4) is 5.75 Å². The van der Waals surface area contributed by atoms with Crippen LogP contribution in [0, 0.1) is 0 Å². The number of nitrogens with one attached hydrogen (secondary N) is 1. The third kappa shape index (κ3) is 5.06. The fourth-order valence-corrected chi connectivity index (χ4v) is 3.17. The molecule has 0 fully saturated rings. The first-order valence-electron chi connectivity index (χ1n) is 9.44. The minimum atomic E-state index is -0.667. The number of hydrogen-bond acceptors (Lipinski definition) is 4. The molecule has 3 aromatic carbocycles. The smallest absolute Gasteiger partial charge is 0.339 e. The highest BCUT2D eigenvalue weighted by atomic mass is 35.5. The molecule has 3 aromatic rings. The average molecular weight is 412 g/mol. The maximum Gasteiger partial charge on any atom is 0.339 e. The largest absolute Gasteiger partial charge is 0.481 e. The Balaban J connectivity index is 1.70. The van der Waals surface area contributed by atoms with Gasteiger partial charge in [0.2, 0.25) is 0 Å². The molecule has 29 heavy (non-hydrogen) atoms.